The van der Waals surface area contributed by atoms with E-state index < -0.39 is 0 Å². The maximum atomic E-state index is 12.8. The maximum absolute atomic E-state index is 12.8. The topological polar surface area (TPSA) is 35.6 Å². The molecular formula is C23H27N3O. The second kappa shape index (κ2) is 7.10. The largest absolute Gasteiger partial charge is 0.337 e. The lowest BCUT2D eigenvalue weighted by molar-refractivity contribution is 0.0782. The fourth-order valence-corrected chi connectivity index (χ4v) is 4.90. The highest BCUT2D eigenvalue weighted by molar-refractivity contribution is 5.94. The molecule has 4 nitrogen and oxygen atoms in total. The summed E-state index contributed by atoms with van der Waals surface area (Å²) in [5.41, 5.74) is 5.04. The van der Waals surface area contributed by atoms with Crippen molar-refractivity contribution in [1.29, 1.82) is 0 Å². The molecule has 1 N–H and O–H groups in total. The van der Waals surface area contributed by atoms with E-state index in [2.05, 4.69) is 46.6 Å². The number of benzene rings is 2. The van der Waals surface area contributed by atoms with Gasteiger partial charge in [0.25, 0.3) is 5.91 Å². The van der Waals surface area contributed by atoms with Crippen molar-refractivity contribution in [2.24, 2.45) is 5.92 Å². The Morgan fingerprint density at radius 1 is 1.04 bits per heavy atom. The van der Waals surface area contributed by atoms with Crippen molar-refractivity contribution in [3.05, 3.63) is 70.8 Å². The molecule has 140 valence electrons. The van der Waals surface area contributed by atoms with Crippen LogP contribution in [0, 0.1) is 5.92 Å². The van der Waals surface area contributed by atoms with Crippen molar-refractivity contribution < 1.29 is 4.79 Å². The van der Waals surface area contributed by atoms with Gasteiger partial charge in [-0.25, -0.2) is 0 Å². The third-order valence-electron chi connectivity index (χ3n) is 6.47. The van der Waals surface area contributed by atoms with E-state index in [4.69, 9.17) is 0 Å². The number of rotatable bonds is 3. The number of carbonyl (C=O) groups is 1. The molecule has 0 spiro atoms. The zero-order chi connectivity index (χ0) is 18.2. The SMILES string of the molecule is O=C(c1ccc(CN2CCc3ccccc3C2)cc1)N1C[C@@H]2CCN[C@@H]2C1. The van der Waals surface area contributed by atoms with E-state index in [1.807, 2.05) is 17.0 Å². The van der Waals surface area contributed by atoms with Gasteiger partial charge in [0, 0.05) is 44.3 Å². The molecule has 1 amide bonds. The van der Waals surface area contributed by atoms with Crippen molar-refractivity contribution in [2.45, 2.75) is 32.0 Å². The summed E-state index contributed by atoms with van der Waals surface area (Å²) in [6.07, 6.45) is 2.32. The predicted molar refractivity (Wildman–Crippen MR) is 107 cm³/mol. The Labute approximate surface area is 161 Å². The Hall–Kier alpha value is -2.17. The van der Waals surface area contributed by atoms with Crippen LogP contribution < -0.4 is 5.32 Å². The molecule has 3 aliphatic heterocycles. The summed E-state index contributed by atoms with van der Waals surface area (Å²) in [6.45, 7) is 5.93. The molecule has 2 atom stereocenters. The standard InChI is InChI=1S/C23H27N3O/c27-23(26-15-21-9-11-24-22(21)16-26)19-7-5-17(6-8-19)13-25-12-10-18-3-1-2-4-20(18)14-25/h1-8,21-22,24H,9-16H2/t21-,22+/m0/s1. The Bertz CT molecular complexity index is 820. The van der Waals surface area contributed by atoms with Gasteiger partial charge in [-0.3, -0.25) is 9.69 Å². The zero-order valence-electron chi connectivity index (χ0n) is 15.7. The van der Waals surface area contributed by atoms with Gasteiger partial charge in [-0.05, 0) is 54.1 Å². The number of fused-ring (bicyclic) bond motifs is 2. The molecule has 2 saturated heterocycles. The van der Waals surface area contributed by atoms with E-state index in [-0.39, 0.29) is 5.91 Å². The first-order chi connectivity index (χ1) is 13.3. The van der Waals surface area contributed by atoms with E-state index in [0.29, 0.717) is 12.0 Å². The first-order valence-electron chi connectivity index (χ1n) is 10.2. The van der Waals surface area contributed by atoms with Crippen LogP contribution in [0.5, 0.6) is 0 Å². The Kier molecular flexibility index (Phi) is 4.46. The third-order valence-corrected chi connectivity index (χ3v) is 6.47. The third kappa shape index (κ3) is 3.40. The van der Waals surface area contributed by atoms with E-state index in [1.165, 1.54) is 23.1 Å². The first-order valence-corrected chi connectivity index (χ1v) is 10.2. The number of nitrogens with zero attached hydrogens (tertiary/aromatic N) is 2. The first kappa shape index (κ1) is 17.0. The molecule has 27 heavy (non-hydrogen) atoms. The summed E-state index contributed by atoms with van der Waals surface area (Å²) < 4.78 is 0. The number of carbonyl (C=O) groups excluding carboxylic acids is 1. The number of hydrogen-bond acceptors (Lipinski definition) is 3. The van der Waals surface area contributed by atoms with E-state index in [0.717, 1.165) is 51.3 Å². The second-order valence-electron chi connectivity index (χ2n) is 8.25. The number of amides is 1. The molecule has 0 unspecified atom stereocenters. The minimum atomic E-state index is 0.185. The molecule has 5 rings (SSSR count). The molecule has 2 aromatic carbocycles. The summed E-state index contributed by atoms with van der Waals surface area (Å²) in [5, 5.41) is 3.52. The summed E-state index contributed by atoms with van der Waals surface area (Å²) in [6, 6.07) is 17.5. The lowest BCUT2D eigenvalue weighted by atomic mass is 9.99. The molecule has 0 saturated carbocycles. The van der Waals surface area contributed by atoms with E-state index in [9.17, 15) is 4.79 Å². The van der Waals surface area contributed by atoms with Crippen LogP contribution in [0.2, 0.25) is 0 Å². The van der Waals surface area contributed by atoms with Gasteiger partial charge in [0.15, 0.2) is 0 Å². The molecule has 0 aliphatic carbocycles. The zero-order valence-corrected chi connectivity index (χ0v) is 15.7. The Balaban J connectivity index is 1.21. The van der Waals surface area contributed by atoms with Crippen LogP contribution in [0.25, 0.3) is 0 Å². The van der Waals surface area contributed by atoms with Crippen LogP contribution in [0.15, 0.2) is 48.5 Å². The van der Waals surface area contributed by atoms with Gasteiger partial charge in [0.05, 0.1) is 0 Å². The van der Waals surface area contributed by atoms with Gasteiger partial charge in [0.1, 0.15) is 0 Å². The molecule has 2 aromatic rings. The van der Waals surface area contributed by atoms with Gasteiger partial charge in [-0.2, -0.15) is 0 Å². The summed E-state index contributed by atoms with van der Waals surface area (Å²) in [4.78, 5) is 17.3. The van der Waals surface area contributed by atoms with Crippen LogP contribution in [0.4, 0.5) is 0 Å². The predicted octanol–water partition coefficient (Wildman–Crippen LogP) is 2.68. The van der Waals surface area contributed by atoms with E-state index in [1.54, 1.807) is 0 Å². The summed E-state index contributed by atoms with van der Waals surface area (Å²) in [5.74, 6) is 0.833. The van der Waals surface area contributed by atoms with E-state index >= 15 is 0 Å². The number of likely N-dealkylation sites (tertiary alicyclic amines) is 1. The molecule has 3 heterocycles. The Morgan fingerprint density at radius 3 is 2.67 bits per heavy atom. The summed E-state index contributed by atoms with van der Waals surface area (Å²) >= 11 is 0. The van der Waals surface area contributed by atoms with Gasteiger partial charge in [-0.1, -0.05) is 36.4 Å². The smallest absolute Gasteiger partial charge is 0.253 e. The average molecular weight is 361 g/mol. The molecule has 3 aliphatic rings. The highest BCUT2D eigenvalue weighted by atomic mass is 16.2. The van der Waals surface area contributed by atoms with Crippen LogP contribution in [-0.4, -0.2) is 47.9 Å². The molecular weight excluding hydrogens is 334 g/mol. The fraction of sp³-hybridized carbons (Fsp3) is 0.435. The Morgan fingerprint density at radius 2 is 1.85 bits per heavy atom. The second-order valence-corrected chi connectivity index (χ2v) is 8.25. The minimum absolute atomic E-state index is 0.185. The number of nitrogens with one attached hydrogen (secondary N) is 1. The van der Waals surface area contributed by atoms with Crippen LogP contribution in [-0.2, 0) is 19.5 Å². The lowest BCUT2D eigenvalue weighted by Crippen LogP contribution is -2.34. The molecule has 4 heteroatoms. The van der Waals surface area contributed by atoms with Gasteiger partial charge >= 0.3 is 0 Å². The monoisotopic (exact) mass is 361 g/mol. The van der Waals surface area contributed by atoms with Gasteiger partial charge in [0.2, 0.25) is 0 Å². The molecule has 0 bridgehead atoms. The fourth-order valence-electron chi connectivity index (χ4n) is 4.90. The van der Waals surface area contributed by atoms with Crippen molar-refractivity contribution in [2.75, 3.05) is 26.2 Å². The molecule has 0 aromatic heterocycles. The van der Waals surface area contributed by atoms with Crippen molar-refractivity contribution in [3.8, 4) is 0 Å². The quantitative estimate of drug-likeness (QED) is 0.913. The average Bonchev–Trinajstić information content (AvgIpc) is 3.30. The molecule has 0 radical (unpaired) electrons. The number of hydrogen-bond donors (Lipinski definition) is 1. The van der Waals surface area contributed by atoms with Crippen LogP contribution >= 0.6 is 0 Å². The molecule has 2 fully saturated rings. The highest BCUT2D eigenvalue weighted by Crippen LogP contribution is 2.26. The van der Waals surface area contributed by atoms with Crippen LogP contribution in [0.3, 0.4) is 0 Å². The van der Waals surface area contributed by atoms with Crippen molar-refractivity contribution in [1.82, 2.24) is 15.1 Å². The van der Waals surface area contributed by atoms with Crippen molar-refractivity contribution in [3.63, 3.8) is 0 Å². The van der Waals surface area contributed by atoms with Crippen LogP contribution in [0.1, 0.15) is 33.5 Å². The van der Waals surface area contributed by atoms with Gasteiger partial charge < -0.3 is 10.2 Å². The van der Waals surface area contributed by atoms with Gasteiger partial charge in [-0.15, -0.1) is 0 Å². The van der Waals surface area contributed by atoms with Crippen molar-refractivity contribution >= 4 is 5.91 Å². The normalized spacial score (nSPS) is 24.7. The minimum Gasteiger partial charge on any atom is -0.337 e. The maximum Gasteiger partial charge on any atom is 0.253 e. The summed E-state index contributed by atoms with van der Waals surface area (Å²) in [7, 11) is 0. The highest BCUT2D eigenvalue weighted by Gasteiger charge is 2.38. The lowest BCUT2D eigenvalue weighted by Gasteiger charge is -2.28.